The van der Waals surface area contributed by atoms with E-state index in [1.165, 1.54) is 0 Å². The molecule has 1 N–H and O–H groups in total. The molecule has 0 aliphatic rings. The SMILES string of the molecule is [2H]c1c([2H])c(C(=O)OC)c([2H])c([2H])c1C(=O)O. The maximum absolute atomic E-state index is 11.3. The third-order valence-electron chi connectivity index (χ3n) is 1.23. The summed E-state index contributed by atoms with van der Waals surface area (Å²) in [5, 5.41) is 8.76. The molecule has 0 aliphatic heterocycles. The molecule has 0 radical (unpaired) electrons. The van der Waals surface area contributed by atoms with Gasteiger partial charge in [-0.25, -0.2) is 9.59 Å². The summed E-state index contributed by atoms with van der Waals surface area (Å²) in [6.45, 7) is 0. The molecule has 1 rings (SSSR count). The Kier molecular flexibility index (Phi) is 1.43. The van der Waals surface area contributed by atoms with Gasteiger partial charge in [0, 0.05) is 0 Å². The molecule has 1 aromatic carbocycles. The first-order valence-corrected chi connectivity index (χ1v) is 3.24. The third kappa shape index (κ3) is 2.05. The molecule has 0 atom stereocenters. The van der Waals surface area contributed by atoms with Gasteiger partial charge in [-0.1, -0.05) is 0 Å². The van der Waals surface area contributed by atoms with Crippen LogP contribution in [0.5, 0.6) is 0 Å². The quantitative estimate of drug-likeness (QED) is 0.701. The van der Waals surface area contributed by atoms with Crippen molar-refractivity contribution in [3.8, 4) is 0 Å². The lowest BCUT2D eigenvalue weighted by Gasteiger charge is -1.98. The van der Waals surface area contributed by atoms with Crippen molar-refractivity contribution in [3.63, 3.8) is 0 Å². The number of carbonyl (C=O) groups excluding carboxylic acids is 1. The van der Waals surface area contributed by atoms with Crippen molar-refractivity contribution in [2.24, 2.45) is 0 Å². The van der Waals surface area contributed by atoms with Crippen LogP contribution >= 0.6 is 0 Å². The van der Waals surface area contributed by atoms with Gasteiger partial charge < -0.3 is 9.84 Å². The molecule has 4 heteroatoms. The summed E-state index contributed by atoms with van der Waals surface area (Å²) in [6.07, 6.45) is 0. The highest BCUT2D eigenvalue weighted by atomic mass is 16.5. The number of esters is 1. The Hall–Kier alpha value is -1.84. The van der Waals surface area contributed by atoms with Crippen LogP contribution < -0.4 is 0 Å². The molecule has 0 saturated heterocycles. The minimum absolute atomic E-state index is 0.576. The summed E-state index contributed by atoms with van der Waals surface area (Å²) >= 11 is 0. The molecule has 0 bridgehead atoms. The van der Waals surface area contributed by atoms with Crippen LogP contribution in [-0.2, 0) is 4.74 Å². The van der Waals surface area contributed by atoms with E-state index in [0.29, 0.717) is 0 Å². The number of ether oxygens (including phenoxy) is 1. The van der Waals surface area contributed by atoms with E-state index >= 15 is 0 Å². The Labute approximate surface area is 80.4 Å². The number of carboxylic acids is 1. The fourth-order valence-corrected chi connectivity index (χ4v) is 0.624. The van der Waals surface area contributed by atoms with Gasteiger partial charge in [-0.3, -0.25) is 0 Å². The van der Waals surface area contributed by atoms with E-state index < -0.39 is 47.2 Å². The second-order valence-electron chi connectivity index (χ2n) is 2.05. The summed E-state index contributed by atoms with van der Waals surface area (Å²) in [7, 11) is 1.03. The normalized spacial score (nSPS) is 13.6. The average molecular weight is 184 g/mol. The number of benzene rings is 1. The maximum Gasteiger partial charge on any atom is 0.337 e. The molecule has 0 heterocycles. The average Bonchev–Trinajstić information content (AvgIpc) is 2.26. The summed E-state index contributed by atoms with van der Waals surface area (Å²) in [5.74, 6) is -2.63. The van der Waals surface area contributed by atoms with Crippen LogP contribution in [0.15, 0.2) is 24.2 Å². The predicted molar refractivity (Wildman–Crippen MR) is 44.7 cm³/mol. The molecule has 0 aromatic heterocycles. The van der Waals surface area contributed by atoms with Crippen LogP contribution in [0.25, 0.3) is 0 Å². The molecule has 0 unspecified atom stereocenters. The third-order valence-corrected chi connectivity index (χ3v) is 1.23. The van der Waals surface area contributed by atoms with Crippen molar-refractivity contribution in [3.05, 3.63) is 35.3 Å². The highest BCUT2D eigenvalue weighted by Crippen LogP contribution is 2.05. The van der Waals surface area contributed by atoms with Crippen molar-refractivity contribution in [2.75, 3.05) is 7.11 Å². The Bertz CT molecular complexity index is 483. The van der Waals surface area contributed by atoms with Crippen LogP contribution in [0, 0.1) is 0 Å². The van der Waals surface area contributed by atoms with Gasteiger partial charge in [0.15, 0.2) is 0 Å². The Balaban J connectivity index is 3.70. The van der Waals surface area contributed by atoms with Crippen molar-refractivity contribution >= 4 is 11.9 Å². The van der Waals surface area contributed by atoms with Crippen molar-refractivity contribution in [1.29, 1.82) is 0 Å². The molecule has 4 nitrogen and oxygen atoms in total. The lowest BCUT2D eigenvalue weighted by atomic mass is 10.1. The minimum atomic E-state index is -1.58. The Morgan fingerprint density at radius 2 is 1.77 bits per heavy atom. The first-order chi connectivity index (χ1) is 7.82. The highest BCUT2D eigenvalue weighted by molar-refractivity contribution is 5.92. The fourth-order valence-electron chi connectivity index (χ4n) is 0.624. The lowest BCUT2D eigenvalue weighted by Crippen LogP contribution is -2.02. The van der Waals surface area contributed by atoms with E-state index in [1.54, 1.807) is 0 Å². The minimum Gasteiger partial charge on any atom is -0.478 e. The van der Waals surface area contributed by atoms with Crippen molar-refractivity contribution in [2.45, 2.75) is 0 Å². The van der Waals surface area contributed by atoms with Crippen molar-refractivity contribution in [1.82, 2.24) is 0 Å². The molecular weight excluding hydrogens is 172 g/mol. The van der Waals surface area contributed by atoms with Crippen LogP contribution in [0.2, 0.25) is 0 Å². The predicted octanol–water partition coefficient (Wildman–Crippen LogP) is 1.17. The zero-order valence-electron chi connectivity index (χ0n) is 10.7. The van der Waals surface area contributed by atoms with Gasteiger partial charge in [-0.05, 0) is 24.2 Å². The van der Waals surface area contributed by atoms with Gasteiger partial charge in [-0.2, -0.15) is 0 Å². The van der Waals surface area contributed by atoms with Gasteiger partial charge in [0.2, 0.25) is 0 Å². The van der Waals surface area contributed by atoms with Gasteiger partial charge in [0.1, 0.15) is 0 Å². The van der Waals surface area contributed by atoms with Crippen LogP contribution in [-0.4, -0.2) is 24.2 Å². The van der Waals surface area contributed by atoms with Gasteiger partial charge >= 0.3 is 11.9 Å². The summed E-state index contributed by atoms with van der Waals surface area (Å²) in [5.41, 5.74) is -1.35. The molecule has 0 amide bonds. The first kappa shape index (κ1) is 5.01. The number of rotatable bonds is 2. The van der Waals surface area contributed by atoms with Crippen LogP contribution in [0.1, 0.15) is 26.2 Å². The second-order valence-corrected chi connectivity index (χ2v) is 2.05. The molecule has 68 valence electrons. The number of hydrogen-bond acceptors (Lipinski definition) is 3. The lowest BCUT2D eigenvalue weighted by molar-refractivity contribution is 0.0598. The van der Waals surface area contributed by atoms with Gasteiger partial charge in [-0.15, -0.1) is 0 Å². The smallest absolute Gasteiger partial charge is 0.337 e. The standard InChI is InChI=1S/C9H8O4/c1-13-9(12)7-4-2-6(3-5-7)8(10)11/h2-5H,1H3,(H,10,11)/i2D,3D,4D,5D. The molecule has 13 heavy (non-hydrogen) atoms. The number of carbonyl (C=O) groups is 2. The topological polar surface area (TPSA) is 63.6 Å². The number of methoxy groups -OCH3 is 1. The van der Waals surface area contributed by atoms with Crippen molar-refractivity contribution < 1.29 is 24.9 Å². The first-order valence-electron chi connectivity index (χ1n) is 5.24. The fraction of sp³-hybridized carbons (Fsp3) is 0.111. The van der Waals surface area contributed by atoms with Crippen LogP contribution in [0.3, 0.4) is 0 Å². The largest absolute Gasteiger partial charge is 0.478 e. The number of hydrogen-bond donors (Lipinski definition) is 1. The molecule has 0 saturated carbocycles. The Morgan fingerprint density at radius 3 is 2.15 bits per heavy atom. The van der Waals surface area contributed by atoms with Gasteiger partial charge in [0.05, 0.1) is 23.7 Å². The number of aromatic carboxylic acids is 1. The molecular formula is C9H8O4. The highest BCUT2D eigenvalue weighted by Gasteiger charge is 2.06. The zero-order chi connectivity index (χ0) is 13.3. The van der Waals surface area contributed by atoms with E-state index in [2.05, 4.69) is 4.74 Å². The number of carboxylic acid groups (broad SMARTS) is 1. The maximum atomic E-state index is 11.3. The Morgan fingerprint density at radius 1 is 1.31 bits per heavy atom. The van der Waals surface area contributed by atoms with E-state index in [1.807, 2.05) is 0 Å². The second kappa shape index (κ2) is 3.71. The van der Waals surface area contributed by atoms with Crippen LogP contribution in [0.4, 0.5) is 0 Å². The van der Waals surface area contributed by atoms with E-state index in [4.69, 9.17) is 10.6 Å². The molecule has 0 fully saturated rings. The van der Waals surface area contributed by atoms with E-state index in [9.17, 15) is 9.59 Å². The summed E-state index contributed by atoms with van der Waals surface area (Å²) in [6, 6.07) is -3.01. The monoisotopic (exact) mass is 184 g/mol. The summed E-state index contributed by atoms with van der Waals surface area (Å²) < 4.78 is 34.0. The molecule has 0 aliphatic carbocycles. The molecule has 1 aromatic rings. The molecule has 0 spiro atoms. The van der Waals surface area contributed by atoms with E-state index in [0.717, 1.165) is 7.11 Å². The van der Waals surface area contributed by atoms with E-state index in [-0.39, 0.29) is 0 Å². The zero-order valence-corrected chi connectivity index (χ0v) is 6.67. The summed E-state index contributed by atoms with van der Waals surface area (Å²) in [4.78, 5) is 22.0. The van der Waals surface area contributed by atoms with Gasteiger partial charge in [0.25, 0.3) is 0 Å².